The van der Waals surface area contributed by atoms with Gasteiger partial charge in [-0.1, -0.05) is 29.0 Å². The van der Waals surface area contributed by atoms with Crippen molar-refractivity contribution in [2.45, 2.75) is 40.0 Å². The zero-order valence-corrected chi connectivity index (χ0v) is 23.8. The fourth-order valence-corrected chi connectivity index (χ4v) is 5.70. The van der Waals surface area contributed by atoms with Gasteiger partial charge in [0.15, 0.2) is 5.13 Å². The highest BCUT2D eigenvalue weighted by molar-refractivity contribution is 7.16. The molecule has 0 aliphatic carbocycles. The molecule has 0 fully saturated rings. The molecule has 41 heavy (non-hydrogen) atoms. The second-order valence-corrected chi connectivity index (χ2v) is 10.9. The van der Waals surface area contributed by atoms with E-state index in [2.05, 4.69) is 25.3 Å². The van der Waals surface area contributed by atoms with Crippen LogP contribution in [0.1, 0.15) is 53.9 Å². The largest absolute Gasteiger partial charge is 0.494 e. The summed E-state index contributed by atoms with van der Waals surface area (Å²) < 4.78 is 45.6. The summed E-state index contributed by atoms with van der Waals surface area (Å²) in [5.41, 5.74) is 1.54. The molecule has 0 bridgehead atoms. The SMILES string of the molecule is COc1cnc(Cl)cc1-c1cc(C)ncc1C(=O)Nc1nc2c(s1)CN(C(=O)c1nc(C(F)(F)F)c(C)cc1C)C2. The Morgan fingerprint density at radius 3 is 2.46 bits per heavy atom. The molecule has 5 heterocycles. The molecule has 212 valence electrons. The lowest BCUT2D eigenvalue weighted by Crippen LogP contribution is -2.28. The monoisotopic (exact) mass is 602 g/mol. The lowest BCUT2D eigenvalue weighted by atomic mass is 10.0. The van der Waals surface area contributed by atoms with Crippen LogP contribution in [-0.4, -0.2) is 43.8 Å². The summed E-state index contributed by atoms with van der Waals surface area (Å²) in [5.74, 6) is -0.668. The Labute approximate surface area is 241 Å². The molecule has 5 rings (SSSR count). The minimum atomic E-state index is -4.67. The number of amides is 2. The highest BCUT2D eigenvalue weighted by atomic mass is 35.5. The summed E-state index contributed by atoms with van der Waals surface area (Å²) in [4.78, 5) is 44.9. The van der Waals surface area contributed by atoms with Crippen molar-refractivity contribution < 1.29 is 27.5 Å². The molecule has 0 aromatic carbocycles. The maximum Gasteiger partial charge on any atom is 0.433 e. The number of rotatable bonds is 5. The van der Waals surface area contributed by atoms with E-state index >= 15 is 0 Å². The van der Waals surface area contributed by atoms with E-state index in [4.69, 9.17) is 16.3 Å². The Morgan fingerprint density at radius 2 is 1.78 bits per heavy atom. The fourth-order valence-electron chi connectivity index (χ4n) is 4.56. The average molecular weight is 603 g/mol. The number of ether oxygens (including phenoxy) is 1. The summed E-state index contributed by atoms with van der Waals surface area (Å²) in [6, 6.07) is 4.64. The number of methoxy groups -OCH3 is 1. The van der Waals surface area contributed by atoms with Gasteiger partial charge in [-0.2, -0.15) is 13.2 Å². The highest BCUT2D eigenvalue weighted by Gasteiger charge is 2.37. The number of alkyl halides is 3. The van der Waals surface area contributed by atoms with Crippen LogP contribution in [0.3, 0.4) is 0 Å². The summed E-state index contributed by atoms with van der Waals surface area (Å²) >= 11 is 7.29. The van der Waals surface area contributed by atoms with Crippen molar-refractivity contribution in [3.8, 4) is 16.9 Å². The van der Waals surface area contributed by atoms with Gasteiger partial charge in [0.05, 0.1) is 42.5 Å². The van der Waals surface area contributed by atoms with Crippen molar-refractivity contribution >= 4 is 39.9 Å². The average Bonchev–Trinajstić information content (AvgIpc) is 3.46. The minimum absolute atomic E-state index is 0.0495. The van der Waals surface area contributed by atoms with E-state index in [1.165, 1.54) is 48.7 Å². The first-order chi connectivity index (χ1) is 19.3. The van der Waals surface area contributed by atoms with Crippen LogP contribution in [-0.2, 0) is 19.3 Å². The second kappa shape index (κ2) is 10.7. The summed E-state index contributed by atoms with van der Waals surface area (Å²) in [7, 11) is 1.48. The van der Waals surface area contributed by atoms with Crippen LogP contribution in [0.5, 0.6) is 5.75 Å². The normalized spacial score (nSPS) is 12.8. The second-order valence-electron chi connectivity index (χ2n) is 9.40. The number of carbonyl (C=O) groups is 2. The Morgan fingerprint density at radius 1 is 1.02 bits per heavy atom. The van der Waals surface area contributed by atoms with E-state index in [1.807, 2.05) is 0 Å². The summed E-state index contributed by atoms with van der Waals surface area (Å²) in [5, 5.41) is 3.32. The number of pyridine rings is 3. The first-order valence-corrected chi connectivity index (χ1v) is 13.4. The highest BCUT2D eigenvalue weighted by Crippen LogP contribution is 2.36. The van der Waals surface area contributed by atoms with Crippen LogP contribution in [0, 0.1) is 20.8 Å². The molecule has 14 heteroatoms. The van der Waals surface area contributed by atoms with E-state index in [0.717, 1.165) is 0 Å². The van der Waals surface area contributed by atoms with Crippen LogP contribution in [0.25, 0.3) is 11.1 Å². The predicted molar refractivity (Wildman–Crippen MR) is 146 cm³/mol. The molecular formula is C27H22ClF3N6O3S. The van der Waals surface area contributed by atoms with Crippen molar-refractivity contribution in [2.75, 3.05) is 12.4 Å². The van der Waals surface area contributed by atoms with Gasteiger partial charge in [0.25, 0.3) is 11.8 Å². The van der Waals surface area contributed by atoms with Crippen LogP contribution in [0.4, 0.5) is 18.3 Å². The maximum atomic E-state index is 13.4. The third-order valence-electron chi connectivity index (χ3n) is 6.47. The number of aromatic nitrogens is 4. The molecule has 0 saturated heterocycles. The molecular weight excluding hydrogens is 581 g/mol. The molecule has 0 unspecified atom stereocenters. The Bertz CT molecular complexity index is 1690. The number of nitrogens with zero attached hydrogens (tertiary/aromatic N) is 5. The molecule has 1 aliphatic heterocycles. The van der Waals surface area contributed by atoms with Gasteiger partial charge < -0.3 is 9.64 Å². The molecule has 0 atom stereocenters. The van der Waals surface area contributed by atoms with Crippen molar-refractivity contribution in [3.63, 3.8) is 0 Å². The number of nitrogens with one attached hydrogen (secondary N) is 1. The molecule has 4 aromatic rings. The molecule has 4 aromatic heterocycles. The Balaban J connectivity index is 1.36. The third-order valence-corrected chi connectivity index (χ3v) is 7.67. The predicted octanol–water partition coefficient (Wildman–Crippen LogP) is 6.01. The zero-order chi connectivity index (χ0) is 29.6. The minimum Gasteiger partial charge on any atom is -0.494 e. The number of halogens is 4. The third kappa shape index (κ3) is 5.59. The molecule has 1 N–H and O–H groups in total. The van der Waals surface area contributed by atoms with Gasteiger partial charge in [0.1, 0.15) is 22.3 Å². The lowest BCUT2D eigenvalue weighted by molar-refractivity contribution is -0.141. The summed E-state index contributed by atoms with van der Waals surface area (Å²) in [6.45, 7) is 4.84. The van der Waals surface area contributed by atoms with Crippen molar-refractivity contribution in [3.05, 3.63) is 80.1 Å². The molecule has 0 saturated carbocycles. The molecule has 1 aliphatic rings. The number of anilines is 1. The van der Waals surface area contributed by atoms with Crippen molar-refractivity contribution in [1.82, 2.24) is 24.8 Å². The number of carbonyl (C=O) groups excluding carboxylic acids is 2. The number of hydrogen-bond acceptors (Lipinski definition) is 8. The van der Waals surface area contributed by atoms with E-state index in [1.54, 1.807) is 26.0 Å². The van der Waals surface area contributed by atoms with E-state index in [0.29, 0.717) is 43.8 Å². The van der Waals surface area contributed by atoms with Crippen molar-refractivity contribution in [2.24, 2.45) is 0 Å². The first-order valence-electron chi connectivity index (χ1n) is 12.2. The topological polar surface area (TPSA) is 110 Å². The van der Waals surface area contributed by atoms with Crippen LogP contribution in [0.15, 0.2) is 30.6 Å². The quantitative estimate of drug-likeness (QED) is 0.279. The standard InChI is InChI=1S/C27H22ClF3N6O3S/c1-12-5-13(2)23(27(29,30)31)35-22(12)25(39)37-10-18-20(11-37)41-26(34-18)36-24(38)17-8-32-14(3)6-15(17)16-7-21(28)33-9-19(16)40-4/h5-9H,10-11H2,1-4H3,(H,34,36,38). The van der Waals surface area contributed by atoms with Gasteiger partial charge in [-0.3, -0.25) is 19.9 Å². The maximum absolute atomic E-state index is 13.4. The first kappa shape index (κ1) is 28.4. The van der Waals surface area contributed by atoms with Crippen LogP contribution >= 0.6 is 22.9 Å². The van der Waals surface area contributed by atoms with Gasteiger partial charge in [0.2, 0.25) is 0 Å². The summed E-state index contributed by atoms with van der Waals surface area (Å²) in [6.07, 6.45) is -1.76. The van der Waals surface area contributed by atoms with Gasteiger partial charge in [-0.25, -0.2) is 15.0 Å². The van der Waals surface area contributed by atoms with E-state index in [9.17, 15) is 22.8 Å². The van der Waals surface area contributed by atoms with Crippen LogP contribution < -0.4 is 10.1 Å². The van der Waals surface area contributed by atoms with E-state index in [-0.39, 0.29) is 35.1 Å². The van der Waals surface area contributed by atoms with Gasteiger partial charge >= 0.3 is 6.18 Å². The molecule has 0 radical (unpaired) electrons. The van der Waals surface area contributed by atoms with Crippen molar-refractivity contribution in [1.29, 1.82) is 0 Å². The number of hydrogen-bond donors (Lipinski definition) is 1. The smallest absolute Gasteiger partial charge is 0.433 e. The molecule has 2 amide bonds. The van der Waals surface area contributed by atoms with E-state index < -0.39 is 23.7 Å². The Hall–Kier alpha value is -4.10. The molecule has 0 spiro atoms. The zero-order valence-electron chi connectivity index (χ0n) is 22.2. The molecule has 9 nitrogen and oxygen atoms in total. The number of fused-ring (bicyclic) bond motifs is 1. The Kier molecular flexibility index (Phi) is 7.43. The number of aryl methyl sites for hydroxylation is 3. The van der Waals surface area contributed by atoms with Gasteiger partial charge in [0, 0.05) is 23.0 Å². The van der Waals surface area contributed by atoms with Crippen LogP contribution in [0.2, 0.25) is 5.15 Å². The van der Waals surface area contributed by atoms with Gasteiger partial charge in [-0.15, -0.1) is 0 Å². The van der Waals surface area contributed by atoms with Gasteiger partial charge in [-0.05, 0) is 44.0 Å². The number of thiazole rings is 1. The lowest BCUT2D eigenvalue weighted by Gasteiger charge is -2.18. The fraction of sp³-hybridized carbons (Fsp3) is 0.259.